The van der Waals surface area contributed by atoms with Gasteiger partial charge in [0, 0.05) is 0 Å². The molecule has 0 fully saturated rings. The Bertz CT molecular complexity index is 445. The van der Waals surface area contributed by atoms with Gasteiger partial charge in [-0.2, -0.15) is 0 Å². The minimum atomic E-state index is -2.00. The zero-order valence-electron chi connectivity index (χ0n) is 10.7. The molecule has 1 aromatic carbocycles. The zero-order valence-corrected chi connectivity index (χ0v) is 10.7. The summed E-state index contributed by atoms with van der Waals surface area (Å²) in [5.41, 5.74) is 4.63. The molecule has 0 radical (unpaired) electrons. The first-order valence-electron chi connectivity index (χ1n) is 5.86. The van der Waals surface area contributed by atoms with Gasteiger partial charge < -0.3 is 21.3 Å². The van der Waals surface area contributed by atoms with Gasteiger partial charge in [0.1, 0.15) is 0 Å². The molecule has 0 aliphatic carbocycles. The second kappa shape index (κ2) is 6.31. The van der Waals surface area contributed by atoms with Gasteiger partial charge in [-0.05, 0) is 18.9 Å². The molecule has 6 nitrogen and oxygen atoms in total. The number of carbonyl (C=O) groups excluding carboxylic acids is 1. The molecule has 104 valence electrons. The van der Waals surface area contributed by atoms with Gasteiger partial charge in [-0.15, -0.1) is 0 Å². The Morgan fingerprint density at radius 1 is 1.37 bits per heavy atom. The van der Waals surface area contributed by atoms with Gasteiger partial charge in [0.25, 0.3) is 0 Å². The number of carbonyl (C=O) groups is 2. The summed E-state index contributed by atoms with van der Waals surface area (Å²) < 4.78 is 0. The van der Waals surface area contributed by atoms with Crippen LogP contribution in [-0.4, -0.2) is 40.3 Å². The van der Waals surface area contributed by atoms with Crippen LogP contribution in [0.15, 0.2) is 30.3 Å². The Morgan fingerprint density at radius 2 is 1.95 bits per heavy atom. The fourth-order valence-corrected chi connectivity index (χ4v) is 1.43. The van der Waals surface area contributed by atoms with Crippen molar-refractivity contribution in [2.75, 3.05) is 6.54 Å². The molecule has 1 aromatic rings. The lowest BCUT2D eigenvalue weighted by Gasteiger charge is -2.20. The number of hydrogen-bond donors (Lipinski definition) is 4. The molecule has 1 rings (SSSR count). The fraction of sp³-hybridized carbons (Fsp3) is 0.385. The van der Waals surface area contributed by atoms with Crippen LogP contribution in [0.25, 0.3) is 0 Å². The number of hydrogen-bond acceptors (Lipinski definition) is 4. The van der Waals surface area contributed by atoms with Gasteiger partial charge >= 0.3 is 5.97 Å². The summed E-state index contributed by atoms with van der Waals surface area (Å²) >= 11 is 0. The molecule has 0 bridgehead atoms. The van der Waals surface area contributed by atoms with E-state index in [9.17, 15) is 14.7 Å². The summed E-state index contributed by atoms with van der Waals surface area (Å²) in [7, 11) is 0. The normalized spacial score (nSPS) is 15.3. The SMILES string of the molecule is CC(O)(CNC(=O)C(N)Cc1ccccc1)C(=O)O. The van der Waals surface area contributed by atoms with Crippen molar-refractivity contribution in [3.63, 3.8) is 0 Å². The van der Waals surface area contributed by atoms with Gasteiger partial charge in [0.2, 0.25) is 5.91 Å². The lowest BCUT2D eigenvalue weighted by atomic mass is 10.0. The first-order chi connectivity index (χ1) is 8.83. The lowest BCUT2D eigenvalue weighted by molar-refractivity contribution is -0.156. The molecule has 19 heavy (non-hydrogen) atoms. The molecule has 1 amide bonds. The zero-order chi connectivity index (χ0) is 14.5. The molecule has 2 atom stereocenters. The Balaban J connectivity index is 2.48. The molecule has 0 aliphatic heterocycles. The lowest BCUT2D eigenvalue weighted by Crippen LogP contribution is -2.50. The van der Waals surface area contributed by atoms with Crippen LogP contribution >= 0.6 is 0 Å². The quantitative estimate of drug-likeness (QED) is 0.555. The highest BCUT2D eigenvalue weighted by molar-refractivity contribution is 5.83. The van der Waals surface area contributed by atoms with Crippen LogP contribution in [0, 0.1) is 0 Å². The third-order valence-corrected chi connectivity index (χ3v) is 2.70. The van der Waals surface area contributed by atoms with E-state index in [0.29, 0.717) is 6.42 Å². The van der Waals surface area contributed by atoms with Gasteiger partial charge in [0.15, 0.2) is 5.60 Å². The summed E-state index contributed by atoms with van der Waals surface area (Å²) in [5.74, 6) is -1.89. The second-order valence-corrected chi connectivity index (χ2v) is 4.59. The maximum atomic E-state index is 11.7. The van der Waals surface area contributed by atoms with E-state index in [0.717, 1.165) is 12.5 Å². The minimum absolute atomic E-state index is 0.349. The number of aliphatic carboxylic acids is 1. The minimum Gasteiger partial charge on any atom is -0.479 e. The Labute approximate surface area is 111 Å². The van der Waals surface area contributed by atoms with Gasteiger partial charge in [-0.3, -0.25) is 4.79 Å². The third kappa shape index (κ3) is 4.69. The molecular weight excluding hydrogens is 248 g/mol. The van der Waals surface area contributed by atoms with E-state index in [-0.39, 0.29) is 6.54 Å². The number of nitrogens with two attached hydrogens (primary N) is 1. The maximum Gasteiger partial charge on any atom is 0.337 e. The molecule has 2 unspecified atom stereocenters. The van der Waals surface area contributed by atoms with Gasteiger partial charge in [0.05, 0.1) is 12.6 Å². The standard InChI is InChI=1S/C13H18N2O4/c1-13(19,12(17)18)8-15-11(16)10(14)7-9-5-3-2-4-6-9/h2-6,10,19H,7-8,14H2,1H3,(H,15,16)(H,17,18). The molecule has 0 saturated carbocycles. The van der Waals surface area contributed by atoms with Crippen molar-refractivity contribution < 1.29 is 19.8 Å². The number of aliphatic hydroxyl groups is 1. The van der Waals surface area contributed by atoms with Crippen molar-refractivity contribution in [1.82, 2.24) is 5.32 Å². The Kier molecular flexibility index (Phi) is 5.02. The highest BCUT2D eigenvalue weighted by Gasteiger charge is 2.30. The number of benzene rings is 1. The van der Waals surface area contributed by atoms with E-state index in [1.165, 1.54) is 0 Å². The summed E-state index contributed by atoms with van der Waals surface area (Å²) in [4.78, 5) is 22.3. The highest BCUT2D eigenvalue weighted by atomic mass is 16.4. The van der Waals surface area contributed by atoms with Crippen molar-refractivity contribution in [3.05, 3.63) is 35.9 Å². The molecule has 5 N–H and O–H groups in total. The molecule has 0 aromatic heterocycles. The molecular formula is C13H18N2O4. The smallest absolute Gasteiger partial charge is 0.337 e. The van der Waals surface area contributed by atoms with E-state index in [1.807, 2.05) is 30.3 Å². The van der Waals surface area contributed by atoms with E-state index >= 15 is 0 Å². The predicted octanol–water partition coefficient (Wildman–Crippen LogP) is -0.492. The van der Waals surface area contributed by atoms with E-state index in [1.54, 1.807) is 0 Å². The third-order valence-electron chi connectivity index (χ3n) is 2.70. The summed E-state index contributed by atoms with van der Waals surface area (Å²) in [6.45, 7) is 0.724. The topological polar surface area (TPSA) is 113 Å². The summed E-state index contributed by atoms with van der Waals surface area (Å²) in [6, 6.07) is 8.46. The van der Waals surface area contributed by atoms with Crippen LogP contribution in [-0.2, 0) is 16.0 Å². The van der Waals surface area contributed by atoms with Crippen molar-refractivity contribution >= 4 is 11.9 Å². The first kappa shape index (κ1) is 15.1. The average Bonchev–Trinajstić information content (AvgIpc) is 2.37. The Morgan fingerprint density at radius 3 is 2.47 bits per heavy atom. The summed E-state index contributed by atoms with van der Waals surface area (Å²) in [5, 5.41) is 20.5. The molecule has 0 aliphatic rings. The van der Waals surface area contributed by atoms with Crippen molar-refractivity contribution in [2.45, 2.75) is 25.0 Å². The monoisotopic (exact) mass is 266 g/mol. The largest absolute Gasteiger partial charge is 0.479 e. The average molecular weight is 266 g/mol. The van der Waals surface area contributed by atoms with E-state index in [4.69, 9.17) is 10.8 Å². The van der Waals surface area contributed by atoms with Crippen LogP contribution in [0.1, 0.15) is 12.5 Å². The Hall–Kier alpha value is -1.92. The number of carboxylic acids is 1. The fourth-order valence-electron chi connectivity index (χ4n) is 1.43. The van der Waals surface area contributed by atoms with Crippen molar-refractivity contribution in [2.24, 2.45) is 5.73 Å². The number of rotatable bonds is 6. The second-order valence-electron chi connectivity index (χ2n) is 4.59. The van der Waals surface area contributed by atoms with Crippen LogP contribution in [0.5, 0.6) is 0 Å². The van der Waals surface area contributed by atoms with Crippen molar-refractivity contribution in [3.8, 4) is 0 Å². The van der Waals surface area contributed by atoms with Crippen LogP contribution in [0.4, 0.5) is 0 Å². The van der Waals surface area contributed by atoms with Crippen LogP contribution in [0.2, 0.25) is 0 Å². The van der Waals surface area contributed by atoms with Crippen LogP contribution in [0.3, 0.4) is 0 Å². The predicted molar refractivity (Wildman–Crippen MR) is 69.4 cm³/mol. The van der Waals surface area contributed by atoms with E-state index < -0.39 is 23.5 Å². The van der Waals surface area contributed by atoms with Gasteiger partial charge in [-0.25, -0.2) is 4.79 Å². The molecule has 0 spiro atoms. The van der Waals surface area contributed by atoms with Gasteiger partial charge in [-0.1, -0.05) is 30.3 Å². The number of amides is 1. The van der Waals surface area contributed by atoms with E-state index in [2.05, 4.69) is 5.32 Å². The highest BCUT2D eigenvalue weighted by Crippen LogP contribution is 2.03. The van der Waals surface area contributed by atoms with Crippen LogP contribution < -0.4 is 11.1 Å². The number of nitrogens with one attached hydrogen (secondary N) is 1. The molecule has 0 saturated heterocycles. The number of carboxylic acid groups (broad SMARTS) is 1. The molecule has 0 heterocycles. The molecule has 6 heteroatoms. The first-order valence-corrected chi connectivity index (χ1v) is 5.86. The summed E-state index contributed by atoms with van der Waals surface area (Å²) in [6.07, 6.45) is 0.349. The maximum absolute atomic E-state index is 11.7. The van der Waals surface area contributed by atoms with Crippen molar-refractivity contribution in [1.29, 1.82) is 0 Å².